The minimum absolute atomic E-state index is 0.568. The highest BCUT2D eigenvalue weighted by Crippen LogP contribution is 2.27. The fraction of sp³-hybridized carbons (Fsp3) is 0.214. The van der Waals surface area contributed by atoms with Crippen LogP contribution < -0.4 is 0 Å². The summed E-state index contributed by atoms with van der Waals surface area (Å²) in [5.74, 6) is 0. The second-order valence-electron chi connectivity index (χ2n) is 4.15. The van der Waals surface area contributed by atoms with E-state index in [9.17, 15) is 0 Å². The van der Waals surface area contributed by atoms with Gasteiger partial charge in [0.2, 0.25) is 0 Å². The van der Waals surface area contributed by atoms with Gasteiger partial charge in [-0.15, -0.1) is 0 Å². The van der Waals surface area contributed by atoms with Crippen molar-refractivity contribution >= 4 is 34.1 Å². The SMILES string of the molecule is CCCn1c(=S)oc2ccc3ccccc3c21. The Kier molecular flexibility index (Phi) is 2.48. The topological polar surface area (TPSA) is 18.1 Å². The van der Waals surface area contributed by atoms with Crippen molar-refractivity contribution in [3.8, 4) is 0 Å². The van der Waals surface area contributed by atoms with Crippen LogP contribution in [0.15, 0.2) is 40.8 Å². The van der Waals surface area contributed by atoms with Gasteiger partial charge in [0.1, 0.15) is 0 Å². The number of benzene rings is 2. The van der Waals surface area contributed by atoms with Gasteiger partial charge < -0.3 is 4.42 Å². The van der Waals surface area contributed by atoms with E-state index in [4.69, 9.17) is 16.6 Å². The van der Waals surface area contributed by atoms with Gasteiger partial charge in [-0.25, -0.2) is 0 Å². The number of aromatic nitrogens is 1. The Morgan fingerprint density at radius 2 is 2.00 bits per heavy atom. The van der Waals surface area contributed by atoms with Crippen molar-refractivity contribution in [2.24, 2.45) is 0 Å². The molecule has 3 heteroatoms. The molecule has 0 bridgehead atoms. The van der Waals surface area contributed by atoms with Crippen molar-refractivity contribution in [1.29, 1.82) is 0 Å². The van der Waals surface area contributed by atoms with Gasteiger partial charge >= 0.3 is 0 Å². The summed E-state index contributed by atoms with van der Waals surface area (Å²) >= 11 is 5.28. The van der Waals surface area contributed by atoms with Crippen LogP contribution in [0.3, 0.4) is 0 Å². The number of hydrogen-bond donors (Lipinski definition) is 0. The van der Waals surface area contributed by atoms with E-state index in [0.29, 0.717) is 4.84 Å². The van der Waals surface area contributed by atoms with Gasteiger partial charge in [0, 0.05) is 11.9 Å². The summed E-state index contributed by atoms with van der Waals surface area (Å²) in [6.45, 7) is 3.05. The lowest BCUT2D eigenvalue weighted by Crippen LogP contribution is -1.96. The number of hydrogen-bond acceptors (Lipinski definition) is 2. The molecule has 0 atom stereocenters. The van der Waals surface area contributed by atoms with Crippen molar-refractivity contribution < 1.29 is 4.42 Å². The predicted molar refractivity (Wildman–Crippen MR) is 72.8 cm³/mol. The Balaban J connectivity index is 2.50. The molecule has 17 heavy (non-hydrogen) atoms. The van der Waals surface area contributed by atoms with E-state index < -0.39 is 0 Å². The molecule has 86 valence electrons. The highest BCUT2D eigenvalue weighted by molar-refractivity contribution is 7.71. The average Bonchev–Trinajstić information content (AvgIpc) is 2.67. The zero-order valence-corrected chi connectivity index (χ0v) is 10.5. The van der Waals surface area contributed by atoms with E-state index in [1.54, 1.807) is 0 Å². The van der Waals surface area contributed by atoms with Crippen molar-refractivity contribution in [3.05, 3.63) is 41.2 Å². The average molecular weight is 243 g/mol. The molecule has 0 saturated heterocycles. The Morgan fingerprint density at radius 1 is 1.18 bits per heavy atom. The number of oxazole rings is 1. The fourth-order valence-corrected chi connectivity index (χ4v) is 2.54. The van der Waals surface area contributed by atoms with Crippen LogP contribution in [0.4, 0.5) is 0 Å². The molecule has 1 heterocycles. The van der Waals surface area contributed by atoms with E-state index in [-0.39, 0.29) is 0 Å². The molecule has 0 aliphatic carbocycles. The maximum atomic E-state index is 5.64. The van der Waals surface area contributed by atoms with Crippen LogP contribution in [0.5, 0.6) is 0 Å². The van der Waals surface area contributed by atoms with Crippen molar-refractivity contribution in [3.63, 3.8) is 0 Å². The number of fused-ring (bicyclic) bond motifs is 3. The minimum atomic E-state index is 0.568. The zero-order chi connectivity index (χ0) is 11.8. The summed E-state index contributed by atoms with van der Waals surface area (Å²) in [6.07, 6.45) is 1.05. The van der Waals surface area contributed by atoms with Crippen LogP contribution in [0, 0.1) is 4.84 Å². The Labute approximate surface area is 104 Å². The molecule has 0 spiro atoms. The quantitative estimate of drug-likeness (QED) is 0.616. The second kappa shape index (κ2) is 4.00. The van der Waals surface area contributed by atoms with Gasteiger partial charge in [0.05, 0.1) is 5.52 Å². The molecule has 0 aliphatic heterocycles. The summed E-state index contributed by atoms with van der Waals surface area (Å²) in [7, 11) is 0. The molecular weight excluding hydrogens is 230 g/mol. The maximum absolute atomic E-state index is 5.64. The number of aryl methyl sites for hydroxylation is 1. The summed E-state index contributed by atoms with van der Waals surface area (Å²) in [5, 5.41) is 2.43. The largest absolute Gasteiger partial charge is 0.429 e. The summed E-state index contributed by atoms with van der Waals surface area (Å²) in [5.41, 5.74) is 2.00. The fourth-order valence-electron chi connectivity index (χ4n) is 2.26. The van der Waals surface area contributed by atoms with Crippen LogP contribution >= 0.6 is 12.2 Å². The van der Waals surface area contributed by atoms with Gasteiger partial charge in [0.25, 0.3) is 4.84 Å². The maximum Gasteiger partial charge on any atom is 0.269 e. The second-order valence-corrected chi connectivity index (χ2v) is 4.50. The molecule has 0 N–H and O–H groups in total. The van der Waals surface area contributed by atoms with Crippen LogP contribution in [-0.2, 0) is 6.54 Å². The van der Waals surface area contributed by atoms with Gasteiger partial charge in [0.15, 0.2) is 5.58 Å². The normalized spacial score (nSPS) is 11.4. The van der Waals surface area contributed by atoms with Gasteiger partial charge in [-0.3, -0.25) is 4.57 Å². The Hall–Kier alpha value is -1.61. The Morgan fingerprint density at radius 3 is 2.82 bits per heavy atom. The molecule has 0 radical (unpaired) electrons. The monoisotopic (exact) mass is 243 g/mol. The number of nitrogens with zero attached hydrogens (tertiary/aromatic N) is 1. The predicted octanol–water partition coefficient (Wildman–Crippen LogP) is 4.53. The van der Waals surface area contributed by atoms with E-state index in [1.165, 1.54) is 10.8 Å². The molecule has 2 nitrogen and oxygen atoms in total. The summed E-state index contributed by atoms with van der Waals surface area (Å²) in [4.78, 5) is 0.568. The van der Waals surface area contributed by atoms with E-state index in [1.807, 2.05) is 18.2 Å². The van der Waals surface area contributed by atoms with Crippen LogP contribution in [0.2, 0.25) is 0 Å². The van der Waals surface area contributed by atoms with E-state index in [0.717, 1.165) is 24.1 Å². The van der Waals surface area contributed by atoms with Crippen molar-refractivity contribution in [1.82, 2.24) is 4.57 Å². The van der Waals surface area contributed by atoms with Crippen LogP contribution in [0.25, 0.3) is 21.9 Å². The molecule has 0 amide bonds. The first-order valence-corrected chi connectivity index (χ1v) is 6.23. The third-order valence-corrected chi connectivity index (χ3v) is 3.30. The van der Waals surface area contributed by atoms with Gasteiger partial charge in [-0.05, 0) is 30.1 Å². The standard InChI is InChI=1S/C14H13NOS/c1-2-9-15-13-11-6-4-3-5-10(11)7-8-12(13)16-14(15)17/h3-8H,2,9H2,1H3. The molecule has 0 aliphatic rings. The number of rotatable bonds is 2. The first-order chi connectivity index (χ1) is 8.31. The molecule has 2 aromatic carbocycles. The minimum Gasteiger partial charge on any atom is -0.429 e. The lowest BCUT2D eigenvalue weighted by atomic mass is 10.1. The molecule has 3 aromatic rings. The van der Waals surface area contributed by atoms with E-state index >= 15 is 0 Å². The zero-order valence-electron chi connectivity index (χ0n) is 9.64. The van der Waals surface area contributed by atoms with Crippen LogP contribution in [0.1, 0.15) is 13.3 Å². The van der Waals surface area contributed by atoms with E-state index in [2.05, 4.69) is 29.7 Å². The van der Waals surface area contributed by atoms with Crippen LogP contribution in [-0.4, -0.2) is 4.57 Å². The molecule has 1 aromatic heterocycles. The molecule has 0 unspecified atom stereocenters. The third-order valence-electron chi connectivity index (χ3n) is 3.00. The first-order valence-electron chi connectivity index (χ1n) is 5.82. The van der Waals surface area contributed by atoms with Crippen molar-refractivity contribution in [2.45, 2.75) is 19.9 Å². The summed E-state index contributed by atoms with van der Waals surface area (Å²) in [6, 6.07) is 12.4. The Bertz CT molecular complexity index is 739. The van der Waals surface area contributed by atoms with Crippen molar-refractivity contribution in [2.75, 3.05) is 0 Å². The first kappa shape index (κ1) is 10.5. The highest BCUT2D eigenvalue weighted by Gasteiger charge is 2.09. The molecular formula is C14H13NOS. The molecule has 0 saturated carbocycles. The lowest BCUT2D eigenvalue weighted by molar-refractivity contribution is 0.532. The summed E-state index contributed by atoms with van der Waals surface area (Å²) < 4.78 is 7.73. The highest BCUT2D eigenvalue weighted by atomic mass is 32.1. The lowest BCUT2D eigenvalue weighted by Gasteiger charge is -2.03. The molecule has 3 rings (SSSR count). The third kappa shape index (κ3) is 1.58. The molecule has 0 fully saturated rings. The van der Waals surface area contributed by atoms with Gasteiger partial charge in [-0.2, -0.15) is 0 Å². The van der Waals surface area contributed by atoms with Gasteiger partial charge in [-0.1, -0.05) is 37.3 Å². The smallest absolute Gasteiger partial charge is 0.269 e.